The number of anilines is 1. The lowest BCUT2D eigenvalue weighted by molar-refractivity contribution is -0.116. The van der Waals surface area contributed by atoms with E-state index in [9.17, 15) is 9.59 Å². The number of hydrogen-bond donors (Lipinski definition) is 2. The minimum absolute atomic E-state index is 0.0775. The van der Waals surface area contributed by atoms with Gasteiger partial charge in [-0.15, -0.1) is 5.10 Å². The van der Waals surface area contributed by atoms with Crippen LogP contribution in [0.4, 0.5) is 5.69 Å². The molecular formula is C21H24N6O2. The van der Waals surface area contributed by atoms with Crippen LogP contribution in [-0.2, 0) is 4.79 Å². The first-order chi connectivity index (χ1) is 14.0. The molecule has 1 aromatic carbocycles. The molecule has 29 heavy (non-hydrogen) atoms. The lowest BCUT2D eigenvalue weighted by Gasteiger charge is -2.12. The maximum Gasteiger partial charge on any atom is 0.290 e. The number of pyridine rings is 1. The van der Waals surface area contributed by atoms with E-state index in [0.29, 0.717) is 17.4 Å². The Bertz CT molecular complexity index is 997. The normalized spacial score (nSPS) is 10.8. The highest BCUT2D eigenvalue weighted by molar-refractivity contribution is 5.92. The molecule has 2 aromatic heterocycles. The molecule has 3 rings (SSSR count). The summed E-state index contributed by atoms with van der Waals surface area (Å²) in [4.78, 5) is 32.6. The van der Waals surface area contributed by atoms with Crippen LogP contribution in [0.5, 0.6) is 0 Å². The predicted octanol–water partition coefficient (Wildman–Crippen LogP) is 2.85. The van der Waals surface area contributed by atoms with Gasteiger partial charge in [0, 0.05) is 19.2 Å². The zero-order chi connectivity index (χ0) is 20.8. The van der Waals surface area contributed by atoms with E-state index in [1.54, 1.807) is 29.2 Å². The van der Waals surface area contributed by atoms with Crippen LogP contribution in [0.3, 0.4) is 0 Å². The standard InChI is InChI=1S/C21H24N6O2/c1-14(2)17-8-4-5-9-18(17)27-15(3)24-20(26-27)21(29)23-12-10-19(28)25-16-7-6-11-22-13-16/h4-9,11,13-14H,10,12H2,1-3H3,(H,23,29)(H,25,28). The molecule has 3 aromatic rings. The average molecular weight is 392 g/mol. The number of carbonyl (C=O) groups is 2. The van der Waals surface area contributed by atoms with Crippen molar-refractivity contribution in [3.05, 3.63) is 66.0 Å². The third kappa shape index (κ3) is 5.04. The molecule has 2 N–H and O–H groups in total. The van der Waals surface area contributed by atoms with Crippen LogP contribution in [0.25, 0.3) is 5.69 Å². The molecule has 0 aliphatic heterocycles. The van der Waals surface area contributed by atoms with E-state index in [2.05, 4.69) is 39.5 Å². The summed E-state index contributed by atoms with van der Waals surface area (Å²) < 4.78 is 1.68. The fourth-order valence-corrected chi connectivity index (χ4v) is 2.91. The summed E-state index contributed by atoms with van der Waals surface area (Å²) in [6, 6.07) is 11.4. The molecule has 0 unspecified atom stereocenters. The van der Waals surface area contributed by atoms with Crippen molar-refractivity contribution in [2.24, 2.45) is 0 Å². The van der Waals surface area contributed by atoms with E-state index in [4.69, 9.17) is 0 Å². The van der Waals surface area contributed by atoms with Gasteiger partial charge >= 0.3 is 0 Å². The van der Waals surface area contributed by atoms with Gasteiger partial charge in [0.05, 0.1) is 17.6 Å². The summed E-state index contributed by atoms with van der Waals surface area (Å²) in [7, 11) is 0. The molecule has 8 heteroatoms. The molecule has 0 fully saturated rings. The average Bonchev–Trinajstić information content (AvgIpc) is 3.10. The van der Waals surface area contributed by atoms with Crippen LogP contribution in [0.2, 0.25) is 0 Å². The molecule has 0 aliphatic rings. The lowest BCUT2D eigenvalue weighted by Crippen LogP contribution is -2.28. The van der Waals surface area contributed by atoms with Gasteiger partial charge in [0.25, 0.3) is 5.91 Å². The lowest BCUT2D eigenvalue weighted by atomic mass is 10.0. The zero-order valence-electron chi connectivity index (χ0n) is 16.7. The number of aromatic nitrogens is 4. The topological polar surface area (TPSA) is 102 Å². The van der Waals surface area contributed by atoms with E-state index < -0.39 is 5.91 Å². The zero-order valence-corrected chi connectivity index (χ0v) is 16.7. The molecule has 0 aliphatic carbocycles. The number of para-hydroxylation sites is 1. The number of hydrogen-bond acceptors (Lipinski definition) is 5. The van der Waals surface area contributed by atoms with Crippen LogP contribution in [-0.4, -0.2) is 38.1 Å². The van der Waals surface area contributed by atoms with E-state index in [1.165, 1.54) is 0 Å². The Hall–Kier alpha value is -3.55. The SMILES string of the molecule is Cc1nc(C(=O)NCCC(=O)Nc2cccnc2)nn1-c1ccccc1C(C)C. The van der Waals surface area contributed by atoms with Crippen molar-refractivity contribution in [3.63, 3.8) is 0 Å². The molecular weight excluding hydrogens is 368 g/mol. The highest BCUT2D eigenvalue weighted by Crippen LogP contribution is 2.23. The number of benzene rings is 1. The molecule has 0 saturated carbocycles. The summed E-state index contributed by atoms with van der Waals surface area (Å²) in [5, 5.41) is 9.78. The first-order valence-corrected chi connectivity index (χ1v) is 9.46. The van der Waals surface area contributed by atoms with Gasteiger partial charge in [-0.1, -0.05) is 32.0 Å². The quantitative estimate of drug-likeness (QED) is 0.644. The van der Waals surface area contributed by atoms with Crippen molar-refractivity contribution < 1.29 is 9.59 Å². The van der Waals surface area contributed by atoms with Gasteiger partial charge in [-0.25, -0.2) is 9.67 Å². The van der Waals surface area contributed by atoms with Crippen LogP contribution in [0, 0.1) is 6.92 Å². The first-order valence-electron chi connectivity index (χ1n) is 9.46. The summed E-state index contributed by atoms with van der Waals surface area (Å²) >= 11 is 0. The molecule has 0 radical (unpaired) electrons. The van der Waals surface area contributed by atoms with Gasteiger partial charge < -0.3 is 10.6 Å². The number of amides is 2. The number of aryl methyl sites for hydroxylation is 1. The number of nitrogens with zero attached hydrogens (tertiary/aromatic N) is 4. The summed E-state index contributed by atoms with van der Waals surface area (Å²) in [6.07, 6.45) is 3.32. The Balaban J connectivity index is 1.61. The van der Waals surface area contributed by atoms with Crippen LogP contribution in [0.15, 0.2) is 48.8 Å². The number of nitrogens with one attached hydrogen (secondary N) is 2. The molecule has 2 amide bonds. The Morgan fingerprint density at radius 2 is 1.93 bits per heavy atom. The van der Waals surface area contributed by atoms with Gasteiger partial charge in [0.2, 0.25) is 11.7 Å². The molecule has 0 atom stereocenters. The van der Waals surface area contributed by atoms with E-state index >= 15 is 0 Å². The molecule has 0 saturated heterocycles. The van der Waals surface area contributed by atoms with Crippen molar-refractivity contribution in [3.8, 4) is 5.69 Å². The number of carbonyl (C=O) groups excluding carboxylic acids is 2. The smallest absolute Gasteiger partial charge is 0.290 e. The highest BCUT2D eigenvalue weighted by Gasteiger charge is 2.17. The fourth-order valence-electron chi connectivity index (χ4n) is 2.91. The maximum absolute atomic E-state index is 12.4. The fraction of sp³-hybridized carbons (Fsp3) is 0.286. The van der Waals surface area contributed by atoms with E-state index in [-0.39, 0.29) is 24.7 Å². The van der Waals surface area contributed by atoms with Crippen molar-refractivity contribution in [1.29, 1.82) is 0 Å². The largest absolute Gasteiger partial charge is 0.349 e. The summed E-state index contributed by atoms with van der Waals surface area (Å²) in [5.74, 6) is 0.388. The van der Waals surface area contributed by atoms with Crippen molar-refractivity contribution in [2.75, 3.05) is 11.9 Å². The Morgan fingerprint density at radius 1 is 1.14 bits per heavy atom. The van der Waals surface area contributed by atoms with Gasteiger partial charge in [0.1, 0.15) is 5.82 Å². The maximum atomic E-state index is 12.4. The van der Waals surface area contributed by atoms with Crippen LogP contribution >= 0.6 is 0 Å². The molecule has 2 heterocycles. The monoisotopic (exact) mass is 392 g/mol. The highest BCUT2D eigenvalue weighted by atomic mass is 16.2. The van der Waals surface area contributed by atoms with Gasteiger partial charge in [-0.2, -0.15) is 0 Å². The predicted molar refractivity (Wildman–Crippen MR) is 110 cm³/mol. The molecule has 150 valence electrons. The minimum atomic E-state index is -0.414. The van der Waals surface area contributed by atoms with Gasteiger partial charge in [0.15, 0.2) is 0 Å². The second-order valence-corrected chi connectivity index (χ2v) is 6.90. The van der Waals surface area contributed by atoms with Crippen molar-refractivity contribution in [2.45, 2.75) is 33.1 Å². The molecule has 0 spiro atoms. The van der Waals surface area contributed by atoms with E-state index in [0.717, 1.165) is 11.3 Å². The Labute approximate surface area is 169 Å². The Kier molecular flexibility index (Phi) is 6.33. The van der Waals surface area contributed by atoms with Crippen molar-refractivity contribution >= 4 is 17.5 Å². The number of rotatable bonds is 7. The second-order valence-electron chi connectivity index (χ2n) is 6.90. The summed E-state index contributed by atoms with van der Waals surface area (Å²) in [5.41, 5.74) is 2.64. The summed E-state index contributed by atoms with van der Waals surface area (Å²) in [6.45, 7) is 6.20. The molecule has 0 bridgehead atoms. The third-order valence-electron chi connectivity index (χ3n) is 4.34. The minimum Gasteiger partial charge on any atom is -0.349 e. The van der Waals surface area contributed by atoms with Crippen LogP contribution < -0.4 is 10.6 Å². The third-order valence-corrected chi connectivity index (χ3v) is 4.34. The Morgan fingerprint density at radius 3 is 2.66 bits per heavy atom. The van der Waals surface area contributed by atoms with Crippen LogP contribution in [0.1, 0.15) is 48.2 Å². The second kappa shape index (κ2) is 9.09. The van der Waals surface area contributed by atoms with Gasteiger partial charge in [-0.3, -0.25) is 14.6 Å². The molecule has 8 nitrogen and oxygen atoms in total. The first kappa shape index (κ1) is 20.2. The van der Waals surface area contributed by atoms with Gasteiger partial charge in [-0.05, 0) is 36.6 Å². The van der Waals surface area contributed by atoms with E-state index in [1.807, 2.05) is 31.2 Å². The van der Waals surface area contributed by atoms with Crippen molar-refractivity contribution in [1.82, 2.24) is 25.1 Å².